The second kappa shape index (κ2) is 3.07. The lowest BCUT2D eigenvalue weighted by atomic mass is 9.99. The Hall–Kier alpha value is -1.15. The first-order chi connectivity index (χ1) is 5.92. The molecule has 0 atom stereocenters. The van der Waals surface area contributed by atoms with E-state index < -0.39 is 0 Å². The number of fused-ring (bicyclic) bond motifs is 1. The van der Waals surface area contributed by atoms with Gasteiger partial charge in [0, 0.05) is 5.56 Å². The number of aldehydes is 1. The lowest BCUT2D eigenvalue weighted by Gasteiger charge is -2.17. The van der Waals surface area contributed by atoms with Crippen LogP contribution in [0.15, 0.2) is 18.2 Å². The number of benzene rings is 1. The summed E-state index contributed by atoms with van der Waals surface area (Å²) < 4.78 is 5.28. The van der Waals surface area contributed by atoms with Crippen LogP contribution in [0.3, 0.4) is 0 Å². The predicted octanol–water partition coefficient (Wildman–Crippen LogP) is 1.57. The Balaban J connectivity index is 2.51. The van der Waals surface area contributed by atoms with Gasteiger partial charge in [-0.3, -0.25) is 4.79 Å². The second-order valence-corrected chi connectivity index (χ2v) is 2.91. The van der Waals surface area contributed by atoms with Gasteiger partial charge in [-0.1, -0.05) is 18.2 Å². The molecule has 0 unspecified atom stereocenters. The fourth-order valence-electron chi connectivity index (χ4n) is 1.53. The van der Waals surface area contributed by atoms with E-state index in [4.69, 9.17) is 4.74 Å². The molecule has 0 amide bonds. The summed E-state index contributed by atoms with van der Waals surface area (Å²) in [6.07, 6.45) is 1.82. The molecule has 0 aliphatic carbocycles. The van der Waals surface area contributed by atoms with Crippen molar-refractivity contribution in [3.05, 3.63) is 34.9 Å². The number of rotatable bonds is 1. The minimum Gasteiger partial charge on any atom is -0.376 e. The van der Waals surface area contributed by atoms with Gasteiger partial charge in [0.25, 0.3) is 0 Å². The van der Waals surface area contributed by atoms with E-state index in [9.17, 15) is 4.79 Å². The highest BCUT2D eigenvalue weighted by molar-refractivity contribution is 5.77. The van der Waals surface area contributed by atoms with E-state index in [0.717, 1.165) is 30.4 Å². The van der Waals surface area contributed by atoms with Crippen LogP contribution in [-0.2, 0) is 17.8 Å². The third-order valence-corrected chi connectivity index (χ3v) is 2.20. The van der Waals surface area contributed by atoms with E-state index >= 15 is 0 Å². The van der Waals surface area contributed by atoms with Gasteiger partial charge < -0.3 is 4.74 Å². The summed E-state index contributed by atoms with van der Waals surface area (Å²) in [5.41, 5.74) is 3.09. The molecular formula is C10H10O2. The number of hydrogen-bond donors (Lipinski definition) is 0. The van der Waals surface area contributed by atoms with Crippen molar-refractivity contribution in [3.8, 4) is 0 Å². The lowest BCUT2D eigenvalue weighted by Crippen LogP contribution is -2.11. The van der Waals surface area contributed by atoms with Crippen molar-refractivity contribution in [3.63, 3.8) is 0 Å². The smallest absolute Gasteiger partial charge is 0.150 e. The van der Waals surface area contributed by atoms with E-state index in [-0.39, 0.29) is 0 Å². The topological polar surface area (TPSA) is 26.3 Å². The van der Waals surface area contributed by atoms with Crippen LogP contribution in [0.2, 0.25) is 0 Å². The SMILES string of the molecule is O=Cc1cccc2c1COCC2. The van der Waals surface area contributed by atoms with Crippen LogP contribution in [0.25, 0.3) is 0 Å². The molecule has 62 valence electrons. The fourth-order valence-corrected chi connectivity index (χ4v) is 1.53. The van der Waals surface area contributed by atoms with Crippen LogP contribution in [0.5, 0.6) is 0 Å². The molecule has 2 heteroatoms. The summed E-state index contributed by atoms with van der Waals surface area (Å²) in [5.74, 6) is 0. The summed E-state index contributed by atoms with van der Waals surface area (Å²) in [6.45, 7) is 1.36. The van der Waals surface area contributed by atoms with Crippen LogP contribution in [0.4, 0.5) is 0 Å². The van der Waals surface area contributed by atoms with Gasteiger partial charge in [-0.15, -0.1) is 0 Å². The van der Waals surface area contributed by atoms with Crippen molar-refractivity contribution >= 4 is 6.29 Å². The van der Waals surface area contributed by atoms with Crippen molar-refractivity contribution in [1.82, 2.24) is 0 Å². The van der Waals surface area contributed by atoms with Gasteiger partial charge in [0.2, 0.25) is 0 Å². The van der Waals surface area contributed by atoms with E-state index in [1.54, 1.807) is 0 Å². The first-order valence-corrected chi connectivity index (χ1v) is 4.05. The van der Waals surface area contributed by atoms with Crippen LogP contribution in [0.1, 0.15) is 21.5 Å². The zero-order valence-corrected chi connectivity index (χ0v) is 6.75. The molecule has 0 saturated carbocycles. The number of carbonyl (C=O) groups is 1. The molecule has 0 aromatic heterocycles. The number of carbonyl (C=O) groups excluding carboxylic acids is 1. The third-order valence-electron chi connectivity index (χ3n) is 2.20. The maximum atomic E-state index is 10.6. The van der Waals surface area contributed by atoms with Crippen molar-refractivity contribution < 1.29 is 9.53 Å². The molecule has 2 rings (SSSR count). The normalized spacial score (nSPS) is 15.3. The molecular weight excluding hydrogens is 152 g/mol. The molecule has 1 aromatic rings. The lowest BCUT2D eigenvalue weighted by molar-refractivity contribution is 0.105. The van der Waals surface area contributed by atoms with E-state index in [1.807, 2.05) is 12.1 Å². The highest BCUT2D eigenvalue weighted by Crippen LogP contribution is 2.19. The molecule has 1 heterocycles. The molecule has 1 aliphatic rings. The minimum atomic E-state index is 0.588. The Kier molecular flexibility index (Phi) is 1.92. The van der Waals surface area contributed by atoms with Crippen molar-refractivity contribution in [2.45, 2.75) is 13.0 Å². The largest absolute Gasteiger partial charge is 0.376 e. The zero-order chi connectivity index (χ0) is 8.39. The summed E-state index contributed by atoms with van der Waals surface area (Å²) in [7, 11) is 0. The first-order valence-electron chi connectivity index (χ1n) is 4.05. The average Bonchev–Trinajstić information content (AvgIpc) is 2.17. The van der Waals surface area contributed by atoms with Gasteiger partial charge in [-0.25, -0.2) is 0 Å². The van der Waals surface area contributed by atoms with Gasteiger partial charge >= 0.3 is 0 Å². The monoisotopic (exact) mass is 162 g/mol. The van der Waals surface area contributed by atoms with Crippen LogP contribution in [-0.4, -0.2) is 12.9 Å². The average molecular weight is 162 g/mol. The quantitative estimate of drug-likeness (QED) is 0.586. The fraction of sp³-hybridized carbons (Fsp3) is 0.300. The molecule has 0 N–H and O–H groups in total. The van der Waals surface area contributed by atoms with Crippen molar-refractivity contribution in [1.29, 1.82) is 0 Å². The third kappa shape index (κ3) is 1.14. The minimum absolute atomic E-state index is 0.588. The standard InChI is InChI=1S/C10H10O2/c11-6-9-3-1-2-8-4-5-12-7-10(8)9/h1-3,6H,4-5,7H2. The van der Waals surface area contributed by atoms with Crippen LogP contribution in [0, 0.1) is 0 Å². The van der Waals surface area contributed by atoms with E-state index in [1.165, 1.54) is 5.56 Å². The van der Waals surface area contributed by atoms with Crippen LogP contribution >= 0.6 is 0 Å². The summed E-state index contributed by atoms with van der Waals surface area (Å²) >= 11 is 0. The Morgan fingerprint density at radius 1 is 1.42 bits per heavy atom. The van der Waals surface area contributed by atoms with Crippen molar-refractivity contribution in [2.24, 2.45) is 0 Å². The maximum Gasteiger partial charge on any atom is 0.150 e. The van der Waals surface area contributed by atoms with Gasteiger partial charge in [0.05, 0.1) is 13.2 Å². The van der Waals surface area contributed by atoms with Gasteiger partial charge in [0.1, 0.15) is 6.29 Å². The molecule has 0 spiro atoms. The molecule has 1 aliphatic heterocycles. The summed E-state index contributed by atoms with van der Waals surface area (Å²) in [5, 5.41) is 0. The Morgan fingerprint density at radius 3 is 3.17 bits per heavy atom. The van der Waals surface area contributed by atoms with E-state index in [2.05, 4.69) is 6.07 Å². The first kappa shape index (κ1) is 7.50. The van der Waals surface area contributed by atoms with Gasteiger partial charge in [-0.2, -0.15) is 0 Å². The molecule has 0 fully saturated rings. The number of ether oxygens (including phenoxy) is 1. The maximum absolute atomic E-state index is 10.6. The Morgan fingerprint density at radius 2 is 2.33 bits per heavy atom. The molecule has 12 heavy (non-hydrogen) atoms. The summed E-state index contributed by atoms with van der Waals surface area (Å²) in [4.78, 5) is 10.6. The predicted molar refractivity (Wildman–Crippen MR) is 45.2 cm³/mol. The molecule has 0 radical (unpaired) electrons. The zero-order valence-electron chi connectivity index (χ0n) is 6.75. The molecule has 0 saturated heterocycles. The molecule has 0 bridgehead atoms. The highest BCUT2D eigenvalue weighted by Gasteiger charge is 2.11. The van der Waals surface area contributed by atoms with Gasteiger partial charge in [-0.05, 0) is 17.5 Å². The number of hydrogen-bond acceptors (Lipinski definition) is 2. The highest BCUT2D eigenvalue weighted by atomic mass is 16.5. The Labute approximate surface area is 71.2 Å². The molecule has 1 aromatic carbocycles. The molecule has 2 nitrogen and oxygen atoms in total. The van der Waals surface area contributed by atoms with Crippen LogP contribution < -0.4 is 0 Å². The van der Waals surface area contributed by atoms with E-state index in [0.29, 0.717) is 6.61 Å². The second-order valence-electron chi connectivity index (χ2n) is 2.91. The van der Waals surface area contributed by atoms with Gasteiger partial charge in [0.15, 0.2) is 0 Å². The Bertz CT molecular complexity index is 305. The van der Waals surface area contributed by atoms with Crippen molar-refractivity contribution in [2.75, 3.05) is 6.61 Å². The summed E-state index contributed by atoms with van der Waals surface area (Å²) in [6, 6.07) is 5.82.